The van der Waals surface area contributed by atoms with Crippen LogP contribution in [0.5, 0.6) is 5.75 Å². The van der Waals surface area contributed by atoms with Gasteiger partial charge in [-0.15, -0.1) is 0 Å². The van der Waals surface area contributed by atoms with Gasteiger partial charge in [-0.05, 0) is 36.4 Å². The van der Waals surface area contributed by atoms with E-state index in [1.54, 1.807) is 37.4 Å². The molecule has 1 saturated heterocycles. The molecule has 1 aliphatic rings. The first-order valence-electron chi connectivity index (χ1n) is 12.2. The lowest BCUT2D eigenvalue weighted by atomic mass is 10.2. The Labute approximate surface area is 226 Å². The molecule has 8 nitrogen and oxygen atoms in total. The quantitative estimate of drug-likeness (QED) is 0.327. The number of sulfone groups is 1. The van der Waals surface area contributed by atoms with E-state index in [1.807, 2.05) is 59.5 Å². The van der Waals surface area contributed by atoms with Crippen molar-refractivity contribution in [3.63, 3.8) is 0 Å². The van der Waals surface area contributed by atoms with E-state index in [0.29, 0.717) is 18.9 Å². The molecule has 1 N–H and O–H groups in total. The van der Waals surface area contributed by atoms with E-state index in [4.69, 9.17) is 4.74 Å². The van der Waals surface area contributed by atoms with E-state index >= 15 is 0 Å². The van der Waals surface area contributed by atoms with Crippen LogP contribution in [0.25, 0.3) is 11.4 Å². The summed E-state index contributed by atoms with van der Waals surface area (Å²) in [5.74, 6) is 1.31. The van der Waals surface area contributed by atoms with E-state index in [1.165, 1.54) is 0 Å². The molecule has 0 unspecified atom stereocenters. The largest absolute Gasteiger partial charge is 0.497 e. The van der Waals surface area contributed by atoms with E-state index in [9.17, 15) is 13.2 Å². The Morgan fingerprint density at radius 1 is 0.921 bits per heavy atom. The lowest BCUT2D eigenvalue weighted by Crippen LogP contribution is -2.49. The molecule has 5 rings (SSSR count). The maximum Gasteiger partial charge on any atom is 0.233 e. The zero-order chi connectivity index (χ0) is 26.5. The van der Waals surface area contributed by atoms with Crippen molar-refractivity contribution in [2.24, 2.45) is 0 Å². The third-order valence-corrected chi connectivity index (χ3v) is 9.23. The topological polar surface area (TPSA) is 95.6 Å². The van der Waals surface area contributed by atoms with Gasteiger partial charge in [-0.2, -0.15) is 0 Å². The van der Waals surface area contributed by atoms with Crippen molar-refractivity contribution < 1.29 is 17.9 Å². The molecule has 0 spiro atoms. The number of nitrogens with zero attached hydrogens (tertiary/aromatic N) is 3. The number of ether oxygens (including phenoxy) is 1. The van der Waals surface area contributed by atoms with Crippen LogP contribution in [0.3, 0.4) is 0 Å². The first-order chi connectivity index (χ1) is 18.5. The van der Waals surface area contributed by atoms with Crippen molar-refractivity contribution >= 4 is 33.2 Å². The van der Waals surface area contributed by atoms with Crippen molar-refractivity contribution in [3.8, 4) is 17.1 Å². The van der Waals surface area contributed by atoms with Gasteiger partial charge in [-0.1, -0.05) is 60.3 Å². The Kier molecular flexibility index (Phi) is 7.71. The molecule has 0 atom stereocenters. The predicted molar refractivity (Wildman–Crippen MR) is 148 cm³/mol. The Morgan fingerprint density at radius 2 is 1.55 bits per heavy atom. The molecule has 1 fully saturated rings. The van der Waals surface area contributed by atoms with Gasteiger partial charge in [0.15, 0.2) is 5.03 Å². The number of anilines is 1. The Balaban J connectivity index is 1.30. The van der Waals surface area contributed by atoms with Crippen LogP contribution in [0, 0.1) is 0 Å². The van der Waals surface area contributed by atoms with Crippen LogP contribution >= 0.6 is 11.8 Å². The number of piperazine rings is 1. The Hall–Kier alpha value is -3.76. The number of imidazole rings is 1. The fourth-order valence-electron chi connectivity index (χ4n) is 4.30. The molecular weight excluding hydrogens is 520 g/mol. The number of rotatable bonds is 8. The molecule has 38 heavy (non-hydrogen) atoms. The summed E-state index contributed by atoms with van der Waals surface area (Å²) in [6.07, 6.45) is 0. The predicted octanol–water partition coefficient (Wildman–Crippen LogP) is 4.36. The van der Waals surface area contributed by atoms with Gasteiger partial charge < -0.3 is 19.5 Å². The number of methoxy groups -OCH3 is 1. The molecule has 0 radical (unpaired) electrons. The molecular formula is C28H28N4O4S2. The highest BCUT2D eigenvalue weighted by Gasteiger charge is 2.28. The van der Waals surface area contributed by atoms with Gasteiger partial charge in [0.25, 0.3) is 0 Å². The molecule has 196 valence electrons. The number of amides is 1. The van der Waals surface area contributed by atoms with Crippen LogP contribution < -0.4 is 9.64 Å². The Bertz CT molecular complexity index is 1480. The zero-order valence-electron chi connectivity index (χ0n) is 20.9. The van der Waals surface area contributed by atoms with Gasteiger partial charge in [-0.25, -0.2) is 13.4 Å². The monoisotopic (exact) mass is 548 g/mol. The van der Waals surface area contributed by atoms with Crippen LogP contribution in [0.4, 0.5) is 5.69 Å². The minimum Gasteiger partial charge on any atom is -0.497 e. The van der Waals surface area contributed by atoms with Gasteiger partial charge in [0.05, 0.1) is 17.8 Å². The fraction of sp³-hybridized carbons (Fsp3) is 0.214. The second-order valence-electron chi connectivity index (χ2n) is 8.76. The number of carbonyl (C=O) groups is 1. The van der Waals surface area contributed by atoms with Crippen LogP contribution in [0.2, 0.25) is 0 Å². The van der Waals surface area contributed by atoms with Crippen LogP contribution in [-0.2, 0) is 14.6 Å². The van der Waals surface area contributed by atoms with Gasteiger partial charge >= 0.3 is 0 Å². The summed E-state index contributed by atoms with van der Waals surface area (Å²) in [6, 6.07) is 25.5. The maximum absolute atomic E-state index is 13.5. The van der Waals surface area contributed by atoms with Crippen molar-refractivity contribution in [1.82, 2.24) is 14.9 Å². The third-order valence-electron chi connectivity index (χ3n) is 6.41. The molecule has 4 aromatic rings. The number of hydrogen-bond donors (Lipinski definition) is 1. The first kappa shape index (κ1) is 25.9. The molecule has 10 heteroatoms. The Morgan fingerprint density at radius 3 is 2.18 bits per heavy atom. The number of carbonyl (C=O) groups excluding carboxylic acids is 1. The molecule has 1 aliphatic heterocycles. The second kappa shape index (κ2) is 11.3. The molecule has 1 amide bonds. The smallest absolute Gasteiger partial charge is 0.233 e. The molecule has 0 bridgehead atoms. The summed E-state index contributed by atoms with van der Waals surface area (Å²) < 4.78 is 32.2. The zero-order valence-corrected chi connectivity index (χ0v) is 22.5. The normalized spacial score (nSPS) is 13.9. The molecule has 2 heterocycles. The summed E-state index contributed by atoms with van der Waals surface area (Å²) in [6.45, 7) is 2.63. The lowest BCUT2D eigenvalue weighted by molar-refractivity contribution is -0.128. The van der Waals surface area contributed by atoms with Gasteiger partial charge in [-0.3, -0.25) is 4.79 Å². The van der Waals surface area contributed by atoms with Gasteiger partial charge in [0, 0.05) is 37.4 Å². The van der Waals surface area contributed by atoms with E-state index in [0.717, 1.165) is 41.9 Å². The van der Waals surface area contributed by atoms with E-state index in [2.05, 4.69) is 14.9 Å². The number of H-pyrrole nitrogens is 1. The van der Waals surface area contributed by atoms with Crippen LogP contribution in [0.1, 0.15) is 0 Å². The van der Waals surface area contributed by atoms with Crippen molar-refractivity contribution in [2.45, 2.75) is 14.9 Å². The van der Waals surface area contributed by atoms with E-state index in [-0.39, 0.29) is 26.6 Å². The molecule has 0 saturated carbocycles. The fourth-order valence-corrected chi connectivity index (χ4v) is 6.84. The summed E-state index contributed by atoms with van der Waals surface area (Å²) in [4.78, 5) is 24.9. The van der Waals surface area contributed by atoms with Gasteiger partial charge in [0.2, 0.25) is 15.7 Å². The second-order valence-corrected chi connectivity index (χ2v) is 11.6. The molecule has 1 aromatic heterocycles. The van der Waals surface area contributed by atoms with Crippen LogP contribution in [-0.4, -0.2) is 68.2 Å². The number of hydrogen-bond acceptors (Lipinski definition) is 7. The molecule has 0 aliphatic carbocycles. The highest BCUT2D eigenvalue weighted by Crippen LogP contribution is 2.32. The summed E-state index contributed by atoms with van der Waals surface area (Å²) in [5.41, 5.74) is 1.86. The number of thioether (sulfide) groups is 1. The number of nitrogens with one attached hydrogen (secondary N) is 1. The highest BCUT2D eigenvalue weighted by molar-refractivity contribution is 8.00. The SMILES string of the molecule is COc1ccc(N2CCN(C(=O)CSc3nc(-c4ccccc4)[nH]c3S(=O)(=O)c3ccccc3)CC2)cc1. The van der Waals surface area contributed by atoms with Crippen molar-refractivity contribution in [3.05, 3.63) is 84.9 Å². The average Bonchev–Trinajstić information content (AvgIpc) is 3.42. The maximum atomic E-state index is 13.5. The minimum atomic E-state index is -3.85. The number of benzene rings is 3. The first-order valence-corrected chi connectivity index (χ1v) is 14.7. The van der Waals surface area contributed by atoms with Crippen molar-refractivity contribution in [2.75, 3.05) is 43.9 Å². The lowest BCUT2D eigenvalue weighted by Gasteiger charge is -2.36. The van der Waals surface area contributed by atoms with Crippen molar-refractivity contribution in [1.29, 1.82) is 0 Å². The highest BCUT2D eigenvalue weighted by atomic mass is 32.2. The summed E-state index contributed by atoms with van der Waals surface area (Å²) >= 11 is 1.15. The minimum absolute atomic E-state index is 0.00433. The average molecular weight is 549 g/mol. The van der Waals surface area contributed by atoms with Crippen LogP contribution in [0.15, 0.2) is 99.9 Å². The summed E-state index contributed by atoms with van der Waals surface area (Å²) in [7, 11) is -2.21. The molecule has 3 aromatic carbocycles. The third kappa shape index (κ3) is 5.56. The van der Waals surface area contributed by atoms with Gasteiger partial charge in [0.1, 0.15) is 16.6 Å². The van der Waals surface area contributed by atoms with E-state index < -0.39 is 9.84 Å². The standard InChI is InChI=1S/C28H28N4O4S2/c1-36-23-14-12-22(13-15-23)31-16-18-32(19-17-31)25(33)20-37-27-28(38(34,35)24-10-6-3-7-11-24)30-26(29-27)21-8-4-2-5-9-21/h2-15H,16-20H2,1H3,(H,29,30). The number of aromatic amines is 1. The number of aromatic nitrogens is 2. The summed E-state index contributed by atoms with van der Waals surface area (Å²) in [5, 5.41) is 0.294.